The Morgan fingerprint density at radius 3 is 2.58 bits per heavy atom. The fourth-order valence-corrected chi connectivity index (χ4v) is 2.83. The van der Waals surface area contributed by atoms with Crippen LogP contribution >= 0.6 is 0 Å². The molecule has 0 radical (unpaired) electrons. The molecule has 0 saturated carbocycles. The molecule has 0 aliphatic carbocycles. The minimum Gasteiger partial charge on any atom is -0.270 e. The summed E-state index contributed by atoms with van der Waals surface area (Å²) < 4.78 is 1.86. The predicted octanol–water partition coefficient (Wildman–Crippen LogP) is 3.71. The third kappa shape index (κ3) is 2.34. The average Bonchev–Trinajstić information content (AvgIpc) is 2.90. The number of aromatic nitrogens is 5. The van der Waals surface area contributed by atoms with E-state index >= 15 is 0 Å². The lowest BCUT2D eigenvalue weighted by Crippen LogP contribution is -1.92. The largest absolute Gasteiger partial charge is 0.270 e. The third-order valence-corrected chi connectivity index (χ3v) is 4.24. The van der Waals surface area contributed by atoms with Crippen molar-refractivity contribution in [3.63, 3.8) is 0 Å². The summed E-state index contributed by atoms with van der Waals surface area (Å²) >= 11 is 0. The molecule has 0 atom stereocenters. The lowest BCUT2D eigenvalue weighted by atomic mass is 10.0. The van der Waals surface area contributed by atoms with Crippen LogP contribution in [0.4, 0.5) is 0 Å². The summed E-state index contributed by atoms with van der Waals surface area (Å²) in [5.74, 6) is 0. The van der Waals surface area contributed by atoms with Gasteiger partial charge in [-0.05, 0) is 43.7 Å². The van der Waals surface area contributed by atoms with Crippen molar-refractivity contribution < 1.29 is 0 Å². The van der Waals surface area contributed by atoms with Crippen LogP contribution in [0.2, 0.25) is 0 Å². The molecular formula is C19H17N5. The van der Waals surface area contributed by atoms with E-state index in [1.165, 1.54) is 0 Å². The van der Waals surface area contributed by atoms with Gasteiger partial charge in [0.2, 0.25) is 0 Å². The zero-order valence-electron chi connectivity index (χ0n) is 13.9. The summed E-state index contributed by atoms with van der Waals surface area (Å²) in [7, 11) is 1.94. The van der Waals surface area contributed by atoms with Gasteiger partial charge in [0.05, 0.1) is 16.8 Å². The molecule has 4 rings (SSSR count). The first-order chi connectivity index (χ1) is 11.6. The molecule has 118 valence electrons. The quantitative estimate of drug-likeness (QED) is 0.566. The Balaban J connectivity index is 2.04. The van der Waals surface area contributed by atoms with E-state index in [1.54, 1.807) is 6.20 Å². The molecule has 0 spiro atoms. The van der Waals surface area contributed by atoms with E-state index in [9.17, 15) is 0 Å². The van der Waals surface area contributed by atoms with Gasteiger partial charge in [0.15, 0.2) is 5.65 Å². The monoisotopic (exact) mass is 315 g/mol. The Morgan fingerprint density at radius 1 is 1.00 bits per heavy atom. The van der Waals surface area contributed by atoms with E-state index in [2.05, 4.69) is 34.1 Å². The Bertz CT molecular complexity index is 1020. The number of fused-ring (bicyclic) bond motifs is 1. The van der Waals surface area contributed by atoms with Crippen LogP contribution in [0.1, 0.15) is 11.3 Å². The van der Waals surface area contributed by atoms with Crippen molar-refractivity contribution in [2.24, 2.45) is 7.05 Å². The highest BCUT2D eigenvalue weighted by Crippen LogP contribution is 2.32. The highest BCUT2D eigenvalue weighted by molar-refractivity contribution is 5.95. The first-order valence-corrected chi connectivity index (χ1v) is 7.81. The number of rotatable bonds is 2. The minimum atomic E-state index is 0.730. The summed E-state index contributed by atoms with van der Waals surface area (Å²) in [6.07, 6.45) is 5.46. The molecular weight excluding hydrogens is 298 g/mol. The van der Waals surface area contributed by atoms with Crippen molar-refractivity contribution in [3.05, 3.63) is 60.2 Å². The molecule has 0 amide bonds. The summed E-state index contributed by atoms with van der Waals surface area (Å²) in [4.78, 5) is 13.5. The second-order valence-corrected chi connectivity index (χ2v) is 5.93. The minimum absolute atomic E-state index is 0.730. The lowest BCUT2D eigenvalue weighted by molar-refractivity contribution is 0.748. The van der Waals surface area contributed by atoms with Crippen LogP contribution in [0.15, 0.2) is 48.9 Å². The summed E-state index contributed by atoms with van der Waals surface area (Å²) in [5.41, 5.74) is 6.74. The van der Waals surface area contributed by atoms with E-state index in [0.717, 1.165) is 44.8 Å². The molecule has 4 heterocycles. The molecule has 0 aliphatic rings. The maximum Gasteiger partial charge on any atom is 0.182 e. The number of hydrogen-bond acceptors (Lipinski definition) is 4. The summed E-state index contributed by atoms with van der Waals surface area (Å²) in [6, 6.07) is 10.1. The van der Waals surface area contributed by atoms with Gasteiger partial charge in [0.1, 0.15) is 0 Å². The molecule has 0 unspecified atom stereocenters. The Labute approximate surface area is 140 Å². The van der Waals surface area contributed by atoms with Gasteiger partial charge in [-0.1, -0.05) is 6.07 Å². The first-order valence-electron chi connectivity index (χ1n) is 7.81. The number of hydrogen-bond donors (Lipinski definition) is 0. The Kier molecular flexibility index (Phi) is 3.34. The second kappa shape index (κ2) is 5.53. The van der Waals surface area contributed by atoms with E-state index in [0.29, 0.717) is 0 Å². The number of aryl methyl sites for hydroxylation is 3. The smallest absolute Gasteiger partial charge is 0.182 e. The highest BCUT2D eigenvalue weighted by Gasteiger charge is 2.16. The van der Waals surface area contributed by atoms with Crippen LogP contribution < -0.4 is 0 Å². The first kappa shape index (κ1) is 14.5. The summed E-state index contributed by atoms with van der Waals surface area (Å²) in [5, 5.41) is 5.60. The number of nitrogens with zero attached hydrogens (tertiary/aromatic N) is 5. The van der Waals surface area contributed by atoms with Crippen LogP contribution in [0.5, 0.6) is 0 Å². The molecule has 0 aromatic carbocycles. The molecule has 5 heteroatoms. The lowest BCUT2D eigenvalue weighted by Gasteiger charge is -2.07. The number of pyridine rings is 3. The highest BCUT2D eigenvalue weighted by atomic mass is 15.3. The van der Waals surface area contributed by atoms with Gasteiger partial charge in [0, 0.05) is 42.5 Å². The third-order valence-electron chi connectivity index (χ3n) is 4.24. The van der Waals surface area contributed by atoms with Crippen molar-refractivity contribution in [3.8, 4) is 22.5 Å². The van der Waals surface area contributed by atoms with Gasteiger partial charge in [-0.2, -0.15) is 5.10 Å². The van der Waals surface area contributed by atoms with Gasteiger partial charge in [0.25, 0.3) is 0 Å². The van der Waals surface area contributed by atoms with Gasteiger partial charge >= 0.3 is 0 Å². The van der Waals surface area contributed by atoms with Gasteiger partial charge < -0.3 is 0 Å². The standard InChI is InChI=1S/C19H17N5/c1-12-6-7-16(21-10-12)15-9-17(14-5-4-8-20-11-14)22-19-18(15)13(2)24(3)23-19/h4-11H,1-3H3. The molecule has 5 nitrogen and oxygen atoms in total. The van der Waals surface area contributed by atoms with E-state index in [-0.39, 0.29) is 0 Å². The fourth-order valence-electron chi connectivity index (χ4n) is 2.83. The van der Waals surface area contributed by atoms with Crippen molar-refractivity contribution >= 4 is 11.0 Å². The van der Waals surface area contributed by atoms with Crippen LogP contribution in [-0.2, 0) is 7.05 Å². The molecule has 4 aromatic heterocycles. The van der Waals surface area contributed by atoms with Crippen molar-refractivity contribution in [1.29, 1.82) is 0 Å². The van der Waals surface area contributed by atoms with Gasteiger partial charge in [-0.25, -0.2) is 4.98 Å². The second-order valence-electron chi connectivity index (χ2n) is 5.93. The van der Waals surface area contributed by atoms with Gasteiger partial charge in [-0.15, -0.1) is 0 Å². The molecule has 4 aromatic rings. The maximum absolute atomic E-state index is 4.73. The van der Waals surface area contributed by atoms with Crippen LogP contribution in [0, 0.1) is 13.8 Å². The van der Waals surface area contributed by atoms with Crippen LogP contribution in [0.25, 0.3) is 33.5 Å². The molecule has 24 heavy (non-hydrogen) atoms. The predicted molar refractivity (Wildman–Crippen MR) is 94.4 cm³/mol. The van der Waals surface area contributed by atoms with E-state index in [4.69, 9.17) is 4.98 Å². The molecule has 0 fully saturated rings. The Hall–Kier alpha value is -3.08. The van der Waals surface area contributed by atoms with Crippen LogP contribution in [-0.4, -0.2) is 24.7 Å². The van der Waals surface area contributed by atoms with Crippen molar-refractivity contribution in [1.82, 2.24) is 24.7 Å². The molecule has 0 bridgehead atoms. The fraction of sp³-hybridized carbons (Fsp3) is 0.158. The normalized spacial score (nSPS) is 11.1. The topological polar surface area (TPSA) is 56.5 Å². The summed E-state index contributed by atoms with van der Waals surface area (Å²) in [6.45, 7) is 4.09. The van der Waals surface area contributed by atoms with Crippen molar-refractivity contribution in [2.75, 3.05) is 0 Å². The van der Waals surface area contributed by atoms with Crippen LogP contribution in [0.3, 0.4) is 0 Å². The zero-order valence-corrected chi connectivity index (χ0v) is 13.9. The van der Waals surface area contributed by atoms with Crippen molar-refractivity contribution in [2.45, 2.75) is 13.8 Å². The van der Waals surface area contributed by atoms with Gasteiger partial charge in [-0.3, -0.25) is 14.6 Å². The average molecular weight is 315 g/mol. The Morgan fingerprint density at radius 2 is 1.88 bits per heavy atom. The molecule has 0 N–H and O–H groups in total. The maximum atomic E-state index is 4.73. The SMILES string of the molecule is Cc1ccc(-c2cc(-c3cccnc3)nc3nn(C)c(C)c23)nc1. The molecule has 0 saturated heterocycles. The zero-order chi connectivity index (χ0) is 16.7. The van der Waals surface area contributed by atoms with E-state index in [1.807, 2.05) is 49.2 Å². The molecule has 0 aliphatic heterocycles. The van der Waals surface area contributed by atoms with E-state index < -0.39 is 0 Å².